The highest BCUT2D eigenvalue weighted by Gasteiger charge is 2.70. The van der Waals surface area contributed by atoms with Crippen LogP contribution in [0.4, 0.5) is 5.69 Å². The first-order valence-corrected chi connectivity index (χ1v) is 11.7. The Morgan fingerprint density at radius 1 is 0.765 bits per heavy atom. The van der Waals surface area contributed by atoms with Crippen molar-refractivity contribution in [1.29, 1.82) is 0 Å². The largest absolute Gasteiger partial charge is 0.324 e. The lowest BCUT2D eigenvalue weighted by molar-refractivity contribution is -0.142. The maximum Gasteiger partial charge on any atom is 0.250 e. The molecule has 2 fully saturated rings. The van der Waals surface area contributed by atoms with Crippen molar-refractivity contribution in [3.05, 3.63) is 102 Å². The van der Waals surface area contributed by atoms with E-state index in [9.17, 15) is 14.4 Å². The van der Waals surface area contributed by atoms with E-state index < -0.39 is 17.4 Å². The summed E-state index contributed by atoms with van der Waals surface area (Å²) in [6.07, 6.45) is 1.15. The molecule has 0 unspecified atom stereocenters. The third-order valence-corrected chi connectivity index (χ3v) is 7.48. The Bertz CT molecular complexity index is 1280. The van der Waals surface area contributed by atoms with Crippen molar-refractivity contribution in [1.82, 2.24) is 10.2 Å². The van der Waals surface area contributed by atoms with Gasteiger partial charge in [0.25, 0.3) is 0 Å². The number of carbonyl (C=O) groups excluding carboxylic acids is 3. The van der Waals surface area contributed by atoms with Gasteiger partial charge in [-0.25, -0.2) is 0 Å². The minimum Gasteiger partial charge on any atom is -0.324 e. The van der Waals surface area contributed by atoms with Crippen LogP contribution in [0.3, 0.4) is 0 Å². The van der Waals surface area contributed by atoms with E-state index in [-0.39, 0.29) is 23.8 Å². The Morgan fingerprint density at radius 2 is 1.41 bits per heavy atom. The number of para-hydroxylation sites is 1. The van der Waals surface area contributed by atoms with Crippen molar-refractivity contribution < 1.29 is 14.4 Å². The minimum atomic E-state index is -1.24. The molecular weight excluding hydrogens is 426 g/mol. The second-order valence-electron chi connectivity index (χ2n) is 9.32. The van der Waals surface area contributed by atoms with Gasteiger partial charge in [-0.1, -0.05) is 78.9 Å². The molecule has 2 N–H and O–H groups in total. The summed E-state index contributed by atoms with van der Waals surface area (Å²) in [6.45, 7) is 0.312. The lowest BCUT2D eigenvalue weighted by Crippen LogP contribution is -2.53. The maximum absolute atomic E-state index is 13.8. The molecule has 6 nitrogen and oxygen atoms in total. The molecule has 3 amide bonds. The van der Waals surface area contributed by atoms with Crippen molar-refractivity contribution in [2.45, 2.75) is 24.4 Å². The zero-order chi connectivity index (χ0) is 23.3. The van der Waals surface area contributed by atoms with Crippen LogP contribution in [0.15, 0.2) is 84.9 Å². The van der Waals surface area contributed by atoms with Gasteiger partial charge < -0.3 is 5.32 Å². The van der Waals surface area contributed by atoms with Crippen LogP contribution in [0.5, 0.6) is 0 Å². The van der Waals surface area contributed by atoms with Crippen LogP contribution in [0.25, 0.3) is 0 Å². The van der Waals surface area contributed by atoms with Crippen molar-refractivity contribution >= 4 is 23.4 Å². The Hall–Kier alpha value is -3.77. The average Bonchev–Trinajstić information content (AvgIpc) is 3.44. The minimum absolute atomic E-state index is 0.187. The number of fused-ring (bicyclic) bond motifs is 4. The molecule has 0 radical (unpaired) electrons. The fourth-order valence-corrected chi connectivity index (χ4v) is 5.97. The van der Waals surface area contributed by atoms with Crippen LogP contribution in [-0.2, 0) is 32.8 Å². The topological polar surface area (TPSA) is 78.5 Å². The summed E-state index contributed by atoms with van der Waals surface area (Å²) < 4.78 is 0. The molecule has 4 atom stereocenters. The molecular formula is C28H25N3O3. The van der Waals surface area contributed by atoms with Gasteiger partial charge in [0.15, 0.2) is 0 Å². The van der Waals surface area contributed by atoms with Crippen molar-refractivity contribution in [3.8, 4) is 0 Å². The number of nitrogens with one attached hydrogen (secondary N) is 2. The summed E-state index contributed by atoms with van der Waals surface area (Å²) in [7, 11) is 0. The van der Waals surface area contributed by atoms with Crippen LogP contribution in [-0.4, -0.2) is 35.2 Å². The number of hydrogen-bond donors (Lipinski definition) is 2. The zero-order valence-electron chi connectivity index (χ0n) is 18.6. The molecule has 0 aliphatic carbocycles. The van der Waals surface area contributed by atoms with Crippen molar-refractivity contribution in [2.24, 2.45) is 11.8 Å². The van der Waals surface area contributed by atoms with Gasteiger partial charge in [-0.3, -0.25) is 24.6 Å². The van der Waals surface area contributed by atoms with E-state index in [1.165, 1.54) is 4.90 Å². The molecule has 0 bridgehead atoms. The summed E-state index contributed by atoms with van der Waals surface area (Å²) in [5, 5.41) is 6.45. The number of likely N-dealkylation sites (tertiary alicyclic amines) is 1. The van der Waals surface area contributed by atoms with Crippen LogP contribution < -0.4 is 10.6 Å². The first-order valence-electron chi connectivity index (χ1n) is 11.7. The molecule has 6 rings (SSSR count). The molecule has 6 heteroatoms. The van der Waals surface area contributed by atoms with E-state index >= 15 is 0 Å². The maximum atomic E-state index is 13.8. The summed E-state index contributed by atoms with van der Waals surface area (Å²) in [5.41, 5.74) is 2.33. The van der Waals surface area contributed by atoms with Gasteiger partial charge in [0.1, 0.15) is 5.54 Å². The summed E-state index contributed by atoms with van der Waals surface area (Å²) in [6, 6.07) is 26.9. The normalized spacial score (nSPS) is 27.2. The van der Waals surface area contributed by atoms with Crippen molar-refractivity contribution in [2.75, 3.05) is 11.9 Å². The van der Waals surface area contributed by atoms with E-state index in [2.05, 4.69) is 10.6 Å². The van der Waals surface area contributed by atoms with Crippen LogP contribution in [0.2, 0.25) is 0 Å². The number of imide groups is 1. The Balaban J connectivity index is 1.39. The van der Waals surface area contributed by atoms with E-state index in [1.54, 1.807) is 0 Å². The van der Waals surface area contributed by atoms with Gasteiger partial charge in [-0.15, -0.1) is 0 Å². The van der Waals surface area contributed by atoms with Crippen LogP contribution in [0.1, 0.15) is 16.7 Å². The molecule has 34 heavy (non-hydrogen) atoms. The molecule has 3 aliphatic heterocycles. The number of amides is 3. The molecule has 0 aromatic heterocycles. The van der Waals surface area contributed by atoms with Crippen LogP contribution in [0, 0.1) is 11.8 Å². The molecule has 3 heterocycles. The number of rotatable bonds is 5. The highest BCUT2D eigenvalue weighted by Crippen LogP contribution is 2.53. The summed E-state index contributed by atoms with van der Waals surface area (Å²) >= 11 is 0. The Morgan fingerprint density at radius 3 is 2.15 bits per heavy atom. The molecule has 3 aromatic carbocycles. The SMILES string of the molecule is O=C1[C@@H]2[C@@H](C(=O)N1CCc1ccccc1)[C@]1(N[C@@H]2Cc2ccccc2)C(=O)Nc2ccccc21. The third-order valence-electron chi connectivity index (χ3n) is 7.48. The van der Waals surface area contributed by atoms with Gasteiger partial charge in [0.05, 0.1) is 11.8 Å². The smallest absolute Gasteiger partial charge is 0.250 e. The molecule has 2 saturated heterocycles. The van der Waals surface area contributed by atoms with Crippen molar-refractivity contribution in [3.63, 3.8) is 0 Å². The van der Waals surface area contributed by atoms with Crippen LogP contribution >= 0.6 is 0 Å². The highest BCUT2D eigenvalue weighted by molar-refractivity contribution is 6.15. The number of carbonyl (C=O) groups is 3. The van der Waals surface area contributed by atoms with E-state index in [1.807, 2.05) is 84.9 Å². The lowest BCUT2D eigenvalue weighted by Gasteiger charge is -2.29. The molecule has 0 saturated carbocycles. The Labute approximate surface area is 198 Å². The molecule has 1 spiro atoms. The fraction of sp³-hybridized carbons (Fsp3) is 0.250. The number of nitrogens with zero attached hydrogens (tertiary/aromatic N) is 1. The van der Waals surface area contributed by atoms with Gasteiger partial charge >= 0.3 is 0 Å². The second kappa shape index (κ2) is 7.92. The molecule has 170 valence electrons. The Kier molecular flexibility index (Phi) is 4.85. The fourth-order valence-electron chi connectivity index (χ4n) is 5.97. The monoisotopic (exact) mass is 451 g/mol. The van der Waals surface area contributed by atoms with Gasteiger partial charge in [-0.05, 0) is 30.0 Å². The van der Waals surface area contributed by atoms with Gasteiger partial charge in [-0.2, -0.15) is 0 Å². The third kappa shape index (κ3) is 3.02. The predicted octanol–water partition coefficient (Wildman–Crippen LogP) is 2.89. The molecule has 3 aliphatic rings. The highest BCUT2D eigenvalue weighted by atomic mass is 16.2. The number of anilines is 1. The lowest BCUT2D eigenvalue weighted by atomic mass is 9.76. The second-order valence-corrected chi connectivity index (χ2v) is 9.32. The molecule has 3 aromatic rings. The zero-order valence-corrected chi connectivity index (χ0v) is 18.6. The average molecular weight is 452 g/mol. The van der Waals surface area contributed by atoms with E-state index in [4.69, 9.17) is 0 Å². The summed E-state index contributed by atoms with van der Waals surface area (Å²) in [4.78, 5) is 42.4. The summed E-state index contributed by atoms with van der Waals surface area (Å²) in [5.74, 6) is -2.08. The first kappa shape index (κ1) is 20.8. The van der Waals surface area contributed by atoms with Gasteiger partial charge in [0.2, 0.25) is 17.7 Å². The quantitative estimate of drug-likeness (QED) is 0.585. The standard InChI is InChI=1S/C28H25N3O3/c32-25-23-22(17-19-11-5-2-6-12-19)30-28(20-13-7-8-14-21(20)29-27(28)34)24(23)26(33)31(25)16-15-18-9-3-1-4-10-18/h1-14,22-24,30H,15-17H2,(H,29,34)/t22-,23+,24+,28+/m1/s1. The first-order chi connectivity index (χ1) is 16.6. The van der Waals surface area contributed by atoms with Gasteiger partial charge in [0, 0.05) is 23.8 Å². The number of benzene rings is 3. The van der Waals surface area contributed by atoms with E-state index in [0.29, 0.717) is 25.1 Å². The van der Waals surface area contributed by atoms with E-state index in [0.717, 1.165) is 16.7 Å². The number of hydrogen-bond acceptors (Lipinski definition) is 4. The predicted molar refractivity (Wildman–Crippen MR) is 128 cm³/mol.